The average Bonchev–Trinajstić information content (AvgIpc) is 2.79. The van der Waals surface area contributed by atoms with E-state index >= 15 is 0 Å². The summed E-state index contributed by atoms with van der Waals surface area (Å²) < 4.78 is 17.4. The minimum Gasteiger partial charge on any atom is -0.494 e. The molecule has 0 spiro atoms. The summed E-state index contributed by atoms with van der Waals surface area (Å²) in [6.07, 6.45) is 1.51. The van der Waals surface area contributed by atoms with Crippen molar-refractivity contribution < 1.29 is 19.0 Å². The molecule has 0 aliphatic rings. The molecule has 33 heavy (non-hydrogen) atoms. The van der Waals surface area contributed by atoms with Gasteiger partial charge in [0.15, 0.2) is 11.5 Å². The van der Waals surface area contributed by atoms with Crippen molar-refractivity contribution in [3.63, 3.8) is 0 Å². The van der Waals surface area contributed by atoms with Crippen molar-refractivity contribution in [1.29, 1.82) is 0 Å². The summed E-state index contributed by atoms with van der Waals surface area (Å²) in [7, 11) is 1.54. The first-order chi connectivity index (χ1) is 15.9. The van der Waals surface area contributed by atoms with Crippen LogP contribution in [0.15, 0.2) is 64.2 Å². The summed E-state index contributed by atoms with van der Waals surface area (Å²) in [4.78, 5) is 12.3. The van der Waals surface area contributed by atoms with Crippen molar-refractivity contribution in [2.45, 2.75) is 13.5 Å². The highest BCUT2D eigenvalue weighted by atomic mass is 79.9. The van der Waals surface area contributed by atoms with Crippen molar-refractivity contribution in [1.82, 2.24) is 5.43 Å². The maximum absolute atomic E-state index is 12.3. The predicted molar refractivity (Wildman–Crippen MR) is 134 cm³/mol. The van der Waals surface area contributed by atoms with Crippen molar-refractivity contribution >= 4 is 51.3 Å². The van der Waals surface area contributed by atoms with Crippen LogP contribution in [-0.2, 0) is 6.61 Å². The third-order valence-corrected chi connectivity index (χ3v) is 5.62. The fraction of sp³-hybridized carbons (Fsp3) is 0.167. The minimum atomic E-state index is -0.333. The number of methoxy groups -OCH3 is 1. The van der Waals surface area contributed by atoms with E-state index in [0.717, 1.165) is 5.56 Å². The summed E-state index contributed by atoms with van der Waals surface area (Å²) >= 11 is 15.7. The van der Waals surface area contributed by atoms with Crippen LogP contribution in [0.3, 0.4) is 0 Å². The van der Waals surface area contributed by atoms with Crippen molar-refractivity contribution in [3.8, 4) is 17.2 Å². The Balaban J connectivity index is 1.66. The number of nitrogens with one attached hydrogen (secondary N) is 1. The zero-order valence-corrected chi connectivity index (χ0v) is 21.0. The number of carbonyl (C=O) groups excluding carboxylic acids is 1. The Labute approximate surface area is 210 Å². The van der Waals surface area contributed by atoms with E-state index in [4.69, 9.17) is 37.4 Å². The number of carbonyl (C=O) groups is 1. The second-order valence-corrected chi connectivity index (χ2v) is 8.41. The predicted octanol–water partition coefficient (Wildman–Crippen LogP) is 6.51. The van der Waals surface area contributed by atoms with Gasteiger partial charge in [-0.2, -0.15) is 5.10 Å². The summed E-state index contributed by atoms with van der Waals surface area (Å²) in [6.45, 7) is 2.70. The fourth-order valence-corrected chi connectivity index (χ4v) is 3.88. The first-order valence-electron chi connectivity index (χ1n) is 9.91. The molecule has 0 heterocycles. The Kier molecular flexibility index (Phi) is 9.00. The Morgan fingerprint density at radius 2 is 1.85 bits per heavy atom. The van der Waals surface area contributed by atoms with E-state index in [1.54, 1.807) is 61.7 Å². The van der Waals surface area contributed by atoms with E-state index in [0.29, 0.717) is 49.5 Å². The number of amides is 1. The molecule has 0 aromatic heterocycles. The molecular formula is C24H21BrCl2N2O4. The number of hydrazone groups is 1. The molecule has 0 unspecified atom stereocenters. The summed E-state index contributed by atoms with van der Waals surface area (Å²) in [5.41, 5.74) is 4.46. The third kappa shape index (κ3) is 6.87. The molecule has 0 saturated heterocycles. The standard InChI is InChI=1S/C24H21BrCl2N2O4/c1-3-32-19-8-5-16(6-9-19)24(30)29-28-13-15-10-20(25)23(22(11-15)31-2)33-14-17-4-7-18(26)12-21(17)27/h4-13H,3,14H2,1-2H3,(H,29,30)/b28-13+. The van der Waals surface area contributed by atoms with Crippen molar-refractivity contribution in [3.05, 3.63) is 85.8 Å². The Morgan fingerprint density at radius 3 is 2.52 bits per heavy atom. The zero-order chi connectivity index (χ0) is 23.8. The highest BCUT2D eigenvalue weighted by Crippen LogP contribution is 2.37. The third-order valence-electron chi connectivity index (χ3n) is 4.45. The molecule has 0 saturated carbocycles. The second-order valence-electron chi connectivity index (χ2n) is 6.72. The van der Waals surface area contributed by atoms with E-state index in [2.05, 4.69) is 26.5 Å². The largest absolute Gasteiger partial charge is 0.494 e. The molecule has 9 heteroatoms. The molecule has 172 valence electrons. The lowest BCUT2D eigenvalue weighted by Gasteiger charge is -2.14. The van der Waals surface area contributed by atoms with Gasteiger partial charge in [0, 0.05) is 21.2 Å². The SMILES string of the molecule is CCOc1ccc(C(=O)N/N=C/c2cc(Br)c(OCc3ccc(Cl)cc3Cl)c(OC)c2)cc1. The number of benzene rings is 3. The number of hydrogen-bond donors (Lipinski definition) is 1. The molecule has 0 aliphatic carbocycles. The molecule has 0 fully saturated rings. The van der Waals surface area contributed by atoms with Gasteiger partial charge in [-0.15, -0.1) is 0 Å². The van der Waals surface area contributed by atoms with Gasteiger partial charge in [0.1, 0.15) is 12.4 Å². The molecule has 3 aromatic carbocycles. The van der Waals surface area contributed by atoms with Crippen LogP contribution >= 0.6 is 39.1 Å². The molecule has 0 radical (unpaired) electrons. The minimum absolute atomic E-state index is 0.233. The molecule has 3 aromatic rings. The number of rotatable bonds is 9. The average molecular weight is 552 g/mol. The quantitative estimate of drug-likeness (QED) is 0.243. The number of hydrogen-bond acceptors (Lipinski definition) is 5. The lowest BCUT2D eigenvalue weighted by atomic mass is 10.2. The normalized spacial score (nSPS) is 10.8. The molecule has 3 rings (SSSR count). The van der Waals surface area contributed by atoms with Crippen molar-refractivity contribution in [2.75, 3.05) is 13.7 Å². The van der Waals surface area contributed by atoms with E-state index in [-0.39, 0.29) is 12.5 Å². The topological polar surface area (TPSA) is 69.2 Å². The Hall–Kier alpha value is -2.74. The maximum Gasteiger partial charge on any atom is 0.271 e. The maximum atomic E-state index is 12.3. The number of halogens is 3. The van der Waals surface area contributed by atoms with Gasteiger partial charge >= 0.3 is 0 Å². The van der Waals surface area contributed by atoms with E-state index in [1.165, 1.54) is 6.21 Å². The summed E-state index contributed by atoms with van der Waals surface area (Å²) in [5.74, 6) is 1.38. The van der Waals surface area contributed by atoms with Gasteiger partial charge in [-0.1, -0.05) is 29.3 Å². The van der Waals surface area contributed by atoms with Gasteiger partial charge in [-0.25, -0.2) is 5.43 Å². The molecule has 6 nitrogen and oxygen atoms in total. The van der Waals surface area contributed by atoms with Crippen LogP contribution < -0.4 is 19.6 Å². The molecule has 0 aliphatic heterocycles. The Bertz CT molecular complexity index is 1150. The van der Waals surface area contributed by atoms with Crippen LogP contribution in [0.2, 0.25) is 10.0 Å². The van der Waals surface area contributed by atoms with Crippen LogP contribution in [0.25, 0.3) is 0 Å². The van der Waals surface area contributed by atoms with Crippen LogP contribution in [0.5, 0.6) is 17.2 Å². The van der Waals surface area contributed by atoms with E-state index in [9.17, 15) is 4.79 Å². The molecule has 0 atom stereocenters. The van der Waals surface area contributed by atoms with Gasteiger partial charge < -0.3 is 14.2 Å². The second kappa shape index (κ2) is 11.9. The number of nitrogens with zero attached hydrogens (tertiary/aromatic N) is 1. The molecule has 0 bridgehead atoms. The van der Waals surface area contributed by atoms with Crippen LogP contribution in [0.4, 0.5) is 0 Å². The van der Waals surface area contributed by atoms with Crippen LogP contribution in [0.1, 0.15) is 28.4 Å². The lowest BCUT2D eigenvalue weighted by molar-refractivity contribution is 0.0955. The molecule has 1 N–H and O–H groups in total. The van der Waals surface area contributed by atoms with Gasteiger partial charge in [-0.05, 0) is 76.9 Å². The van der Waals surface area contributed by atoms with Gasteiger partial charge in [-0.3, -0.25) is 4.79 Å². The van der Waals surface area contributed by atoms with Crippen LogP contribution in [0, 0.1) is 0 Å². The summed E-state index contributed by atoms with van der Waals surface area (Å²) in [6, 6.07) is 15.6. The monoisotopic (exact) mass is 550 g/mol. The molecular weight excluding hydrogens is 531 g/mol. The Morgan fingerprint density at radius 1 is 1.09 bits per heavy atom. The highest BCUT2D eigenvalue weighted by Gasteiger charge is 2.13. The summed E-state index contributed by atoms with van der Waals surface area (Å²) in [5, 5.41) is 5.11. The zero-order valence-electron chi connectivity index (χ0n) is 17.9. The van der Waals surface area contributed by atoms with Gasteiger partial charge in [0.2, 0.25) is 0 Å². The smallest absolute Gasteiger partial charge is 0.271 e. The van der Waals surface area contributed by atoms with Gasteiger partial charge in [0.05, 0.1) is 24.4 Å². The van der Waals surface area contributed by atoms with Crippen molar-refractivity contribution in [2.24, 2.45) is 5.10 Å². The highest BCUT2D eigenvalue weighted by molar-refractivity contribution is 9.10. The molecule has 1 amide bonds. The van der Waals surface area contributed by atoms with E-state index < -0.39 is 0 Å². The lowest BCUT2D eigenvalue weighted by Crippen LogP contribution is -2.17. The number of ether oxygens (including phenoxy) is 3. The van der Waals surface area contributed by atoms with Gasteiger partial charge in [0.25, 0.3) is 5.91 Å². The fourth-order valence-electron chi connectivity index (χ4n) is 2.84. The first-order valence-corrected chi connectivity index (χ1v) is 11.5. The van der Waals surface area contributed by atoms with E-state index in [1.807, 2.05) is 6.92 Å². The first kappa shape index (κ1) is 24.9. The van der Waals surface area contributed by atoms with Crippen LogP contribution in [-0.4, -0.2) is 25.8 Å².